The SMILES string of the molecule is N=C(N)NN1CCCc2ccccc21. The van der Waals surface area contributed by atoms with Crippen LogP contribution in [0.25, 0.3) is 0 Å². The molecule has 4 N–H and O–H groups in total. The highest BCUT2D eigenvalue weighted by molar-refractivity contribution is 5.77. The van der Waals surface area contributed by atoms with Gasteiger partial charge < -0.3 is 5.73 Å². The molecular formula is C10H14N4. The smallest absolute Gasteiger partial charge is 0.204 e. The molecule has 0 saturated heterocycles. The number of rotatable bonds is 1. The molecule has 0 unspecified atom stereocenters. The van der Waals surface area contributed by atoms with Gasteiger partial charge in [0.05, 0.1) is 5.69 Å². The summed E-state index contributed by atoms with van der Waals surface area (Å²) in [6.45, 7) is 0.899. The Morgan fingerprint density at radius 1 is 1.43 bits per heavy atom. The highest BCUT2D eigenvalue weighted by atomic mass is 15.5. The van der Waals surface area contributed by atoms with Gasteiger partial charge in [0.15, 0.2) is 0 Å². The van der Waals surface area contributed by atoms with E-state index in [4.69, 9.17) is 11.1 Å². The number of hydrazine groups is 1. The van der Waals surface area contributed by atoms with Gasteiger partial charge in [-0.05, 0) is 24.5 Å². The molecule has 0 aromatic heterocycles. The van der Waals surface area contributed by atoms with Crippen molar-refractivity contribution in [3.63, 3.8) is 0 Å². The lowest BCUT2D eigenvalue weighted by molar-refractivity contribution is 0.666. The fraction of sp³-hybridized carbons (Fsp3) is 0.300. The Morgan fingerprint density at radius 2 is 2.21 bits per heavy atom. The molecule has 0 atom stereocenters. The summed E-state index contributed by atoms with van der Waals surface area (Å²) < 4.78 is 0. The third-order valence-corrected chi connectivity index (χ3v) is 2.37. The van der Waals surface area contributed by atoms with E-state index in [9.17, 15) is 0 Å². The van der Waals surface area contributed by atoms with E-state index in [0.29, 0.717) is 0 Å². The van der Waals surface area contributed by atoms with Crippen LogP contribution in [0.5, 0.6) is 0 Å². The van der Waals surface area contributed by atoms with Crippen molar-refractivity contribution in [3.8, 4) is 0 Å². The Morgan fingerprint density at radius 3 is 3.00 bits per heavy atom. The summed E-state index contributed by atoms with van der Waals surface area (Å²) in [7, 11) is 0. The molecule has 74 valence electrons. The zero-order chi connectivity index (χ0) is 9.97. The number of nitrogens with one attached hydrogen (secondary N) is 2. The molecule has 0 saturated carbocycles. The van der Waals surface area contributed by atoms with Crippen LogP contribution in [0.15, 0.2) is 24.3 Å². The second-order valence-electron chi connectivity index (χ2n) is 3.41. The van der Waals surface area contributed by atoms with Gasteiger partial charge in [-0.2, -0.15) is 0 Å². The number of nitrogens with two attached hydrogens (primary N) is 1. The zero-order valence-corrected chi connectivity index (χ0v) is 7.96. The van der Waals surface area contributed by atoms with E-state index < -0.39 is 0 Å². The van der Waals surface area contributed by atoms with Crippen molar-refractivity contribution >= 4 is 11.6 Å². The van der Waals surface area contributed by atoms with Crippen molar-refractivity contribution in [2.24, 2.45) is 5.73 Å². The number of anilines is 1. The number of fused-ring (bicyclic) bond motifs is 1. The first-order valence-electron chi connectivity index (χ1n) is 4.73. The second kappa shape index (κ2) is 3.57. The fourth-order valence-electron chi connectivity index (χ4n) is 1.80. The third-order valence-electron chi connectivity index (χ3n) is 2.37. The Labute approximate surface area is 83.2 Å². The van der Waals surface area contributed by atoms with Crippen LogP contribution in [0.2, 0.25) is 0 Å². The number of nitrogens with zero attached hydrogens (tertiary/aromatic N) is 1. The van der Waals surface area contributed by atoms with Crippen molar-refractivity contribution < 1.29 is 0 Å². The molecule has 1 aliphatic heterocycles. The molecular weight excluding hydrogens is 176 g/mol. The van der Waals surface area contributed by atoms with Gasteiger partial charge in [0, 0.05) is 6.54 Å². The number of hydrogen-bond acceptors (Lipinski definition) is 2. The maximum Gasteiger partial charge on any atom is 0.204 e. The Balaban J connectivity index is 2.26. The molecule has 1 aliphatic rings. The molecule has 4 heteroatoms. The van der Waals surface area contributed by atoms with Crippen molar-refractivity contribution in [1.82, 2.24) is 5.43 Å². The van der Waals surface area contributed by atoms with E-state index >= 15 is 0 Å². The van der Waals surface area contributed by atoms with Gasteiger partial charge in [-0.15, -0.1) is 0 Å². The van der Waals surface area contributed by atoms with Crippen LogP contribution < -0.4 is 16.2 Å². The summed E-state index contributed by atoms with van der Waals surface area (Å²) in [6.07, 6.45) is 2.20. The predicted molar refractivity (Wildman–Crippen MR) is 57.2 cm³/mol. The van der Waals surface area contributed by atoms with Crippen molar-refractivity contribution in [2.75, 3.05) is 11.6 Å². The third kappa shape index (κ3) is 1.64. The minimum Gasteiger partial charge on any atom is -0.369 e. The fourth-order valence-corrected chi connectivity index (χ4v) is 1.80. The molecule has 4 nitrogen and oxygen atoms in total. The first kappa shape index (κ1) is 8.87. The van der Waals surface area contributed by atoms with Gasteiger partial charge >= 0.3 is 0 Å². The number of guanidine groups is 1. The van der Waals surface area contributed by atoms with Crippen LogP contribution in [-0.4, -0.2) is 12.5 Å². The number of benzene rings is 1. The van der Waals surface area contributed by atoms with Gasteiger partial charge in [0.25, 0.3) is 0 Å². The minimum absolute atomic E-state index is 0.0123. The molecule has 14 heavy (non-hydrogen) atoms. The van der Waals surface area contributed by atoms with Crippen LogP contribution in [0.3, 0.4) is 0 Å². The lowest BCUT2D eigenvalue weighted by atomic mass is 10.0. The summed E-state index contributed by atoms with van der Waals surface area (Å²) in [6, 6.07) is 8.20. The highest BCUT2D eigenvalue weighted by Gasteiger charge is 2.15. The van der Waals surface area contributed by atoms with Gasteiger partial charge in [0.2, 0.25) is 5.96 Å². The Hall–Kier alpha value is -1.71. The maximum absolute atomic E-state index is 7.20. The van der Waals surface area contributed by atoms with Crippen molar-refractivity contribution in [1.29, 1.82) is 5.41 Å². The van der Waals surface area contributed by atoms with E-state index in [1.54, 1.807) is 0 Å². The molecule has 1 heterocycles. The lowest BCUT2D eigenvalue weighted by Crippen LogP contribution is -2.47. The molecule has 0 spiro atoms. The van der Waals surface area contributed by atoms with Gasteiger partial charge in [-0.3, -0.25) is 15.8 Å². The van der Waals surface area contributed by atoms with Crippen LogP contribution in [0, 0.1) is 5.41 Å². The first-order valence-corrected chi connectivity index (χ1v) is 4.73. The van der Waals surface area contributed by atoms with E-state index in [2.05, 4.69) is 11.5 Å². The van der Waals surface area contributed by atoms with Crippen LogP contribution >= 0.6 is 0 Å². The van der Waals surface area contributed by atoms with E-state index in [1.807, 2.05) is 23.2 Å². The lowest BCUT2D eigenvalue weighted by Gasteiger charge is -2.31. The van der Waals surface area contributed by atoms with Gasteiger partial charge in [-0.25, -0.2) is 0 Å². The number of para-hydroxylation sites is 1. The number of aryl methyl sites for hydroxylation is 1. The molecule has 1 aromatic carbocycles. The normalized spacial score (nSPS) is 14.7. The van der Waals surface area contributed by atoms with Gasteiger partial charge in [-0.1, -0.05) is 18.2 Å². The molecule has 0 aliphatic carbocycles. The van der Waals surface area contributed by atoms with Crippen LogP contribution in [0.4, 0.5) is 5.69 Å². The van der Waals surface area contributed by atoms with Crippen molar-refractivity contribution in [3.05, 3.63) is 29.8 Å². The molecule has 0 radical (unpaired) electrons. The summed E-state index contributed by atoms with van der Waals surface area (Å²) in [5.74, 6) is -0.0123. The van der Waals surface area contributed by atoms with E-state index in [1.165, 1.54) is 5.56 Å². The monoisotopic (exact) mass is 190 g/mol. The molecule has 2 rings (SSSR count). The molecule has 0 fully saturated rings. The minimum atomic E-state index is -0.0123. The predicted octanol–water partition coefficient (Wildman–Crippen LogP) is 0.837. The summed E-state index contributed by atoms with van der Waals surface area (Å²) in [5.41, 5.74) is 10.6. The summed E-state index contributed by atoms with van der Waals surface area (Å²) >= 11 is 0. The molecule has 1 aromatic rings. The Kier molecular flexibility index (Phi) is 2.26. The van der Waals surface area contributed by atoms with Gasteiger partial charge in [0.1, 0.15) is 0 Å². The summed E-state index contributed by atoms with van der Waals surface area (Å²) in [5, 5.41) is 9.13. The van der Waals surface area contributed by atoms with E-state index in [-0.39, 0.29) is 5.96 Å². The Bertz CT molecular complexity index is 348. The quantitative estimate of drug-likeness (QED) is 0.454. The second-order valence-corrected chi connectivity index (χ2v) is 3.41. The summed E-state index contributed by atoms with van der Waals surface area (Å²) in [4.78, 5) is 0. The largest absolute Gasteiger partial charge is 0.369 e. The standard InChI is InChI=1S/C10H14N4/c11-10(12)13-14-7-3-5-8-4-1-2-6-9(8)14/h1-2,4,6H,3,5,7H2,(H4,11,12,13). The number of hydrogen-bond donors (Lipinski definition) is 3. The zero-order valence-electron chi connectivity index (χ0n) is 7.96. The average Bonchev–Trinajstić information content (AvgIpc) is 2.18. The van der Waals surface area contributed by atoms with E-state index in [0.717, 1.165) is 25.1 Å². The van der Waals surface area contributed by atoms with Crippen LogP contribution in [-0.2, 0) is 6.42 Å². The molecule has 0 bridgehead atoms. The van der Waals surface area contributed by atoms with Crippen LogP contribution in [0.1, 0.15) is 12.0 Å². The highest BCUT2D eigenvalue weighted by Crippen LogP contribution is 2.24. The first-order chi connectivity index (χ1) is 6.77. The topological polar surface area (TPSA) is 65.1 Å². The maximum atomic E-state index is 7.20. The average molecular weight is 190 g/mol. The van der Waals surface area contributed by atoms with Crippen molar-refractivity contribution in [2.45, 2.75) is 12.8 Å². The molecule has 0 amide bonds.